The van der Waals surface area contributed by atoms with Gasteiger partial charge < -0.3 is 0 Å². The molecule has 0 bridgehead atoms. The van der Waals surface area contributed by atoms with Gasteiger partial charge in [0.2, 0.25) is 5.13 Å². The SMILES string of the molecule is Cc1cccc2sc(C(=O)Nc3nncs3)c(Cl)c12. The predicted octanol–water partition coefficient (Wildman–Crippen LogP) is 3.97. The monoisotopic (exact) mass is 309 g/mol. The summed E-state index contributed by atoms with van der Waals surface area (Å²) in [5.41, 5.74) is 2.63. The molecule has 0 fully saturated rings. The van der Waals surface area contributed by atoms with Crippen molar-refractivity contribution in [1.29, 1.82) is 0 Å². The van der Waals surface area contributed by atoms with Gasteiger partial charge in [-0.05, 0) is 18.6 Å². The molecule has 96 valence electrons. The van der Waals surface area contributed by atoms with E-state index in [1.54, 1.807) is 5.51 Å². The van der Waals surface area contributed by atoms with Crippen LogP contribution < -0.4 is 5.32 Å². The molecule has 0 aliphatic heterocycles. The van der Waals surface area contributed by atoms with Crippen molar-refractivity contribution in [3.63, 3.8) is 0 Å². The molecular formula is C12H8ClN3OS2. The predicted molar refractivity (Wildman–Crippen MR) is 79.4 cm³/mol. The van der Waals surface area contributed by atoms with Gasteiger partial charge in [-0.2, -0.15) is 0 Å². The van der Waals surface area contributed by atoms with Crippen LogP contribution in [0.25, 0.3) is 10.1 Å². The third-order valence-corrected chi connectivity index (χ3v) is 4.90. The number of amides is 1. The molecule has 0 radical (unpaired) electrons. The van der Waals surface area contributed by atoms with E-state index in [-0.39, 0.29) is 5.91 Å². The van der Waals surface area contributed by atoms with Crippen molar-refractivity contribution >= 4 is 55.4 Å². The number of halogens is 1. The van der Waals surface area contributed by atoms with Gasteiger partial charge in [-0.3, -0.25) is 10.1 Å². The number of nitrogens with zero attached hydrogens (tertiary/aromatic N) is 2. The highest BCUT2D eigenvalue weighted by Crippen LogP contribution is 2.37. The third-order valence-electron chi connectivity index (χ3n) is 2.65. The Balaban J connectivity index is 2.03. The average Bonchev–Trinajstić information content (AvgIpc) is 2.98. The number of anilines is 1. The second-order valence-electron chi connectivity index (χ2n) is 3.89. The molecule has 0 unspecified atom stereocenters. The highest BCUT2D eigenvalue weighted by molar-refractivity contribution is 7.22. The molecule has 1 N–H and O–H groups in total. The van der Waals surface area contributed by atoms with Gasteiger partial charge in [0.25, 0.3) is 5.91 Å². The van der Waals surface area contributed by atoms with E-state index in [0.717, 1.165) is 15.6 Å². The fourth-order valence-electron chi connectivity index (χ4n) is 1.80. The van der Waals surface area contributed by atoms with E-state index in [9.17, 15) is 4.79 Å². The van der Waals surface area contributed by atoms with Crippen molar-refractivity contribution in [2.45, 2.75) is 6.92 Å². The minimum Gasteiger partial charge on any atom is -0.296 e. The van der Waals surface area contributed by atoms with Crippen LogP contribution in [0.3, 0.4) is 0 Å². The highest BCUT2D eigenvalue weighted by Gasteiger charge is 2.18. The normalized spacial score (nSPS) is 10.8. The molecule has 4 nitrogen and oxygen atoms in total. The smallest absolute Gasteiger partial charge is 0.269 e. The molecule has 0 aliphatic carbocycles. The Bertz CT molecular complexity index is 752. The van der Waals surface area contributed by atoms with E-state index in [1.807, 2.05) is 25.1 Å². The molecule has 3 aromatic rings. The Morgan fingerprint density at radius 1 is 1.42 bits per heavy atom. The number of aromatic nitrogens is 2. The van der Waals surface area contributed by atoms with Crippen LogP contribution in [0, 0.1) is 6.92 Å². The van der Waals surface area contributed by atoms with Crippen LogP contribution in [-0.4, -0.2) is 16.1 Å². The molecule has 3 rings (SSSR count). The average molecular weight is 310 g/mol. The van der Waals surface area contributed by atoms with Crippen molar-refractivity contribution in [1.82, 2.24) is 10.2 Å². The van der Waals surface area contributed by atoms with E-state index < -0.39 is 0 Å². The van der Waals surface area contributed by atoms with Crippen LogP contribution in [0.2, 0.25) is 5.02 Å². The van der Waals surface area contributed by atoms with Crippen LogP contribution in [-0.2, 0) is 0 Å². The first-order valence-corrected chi connectivity index (χ1v) is 7.49. The minimum absolute atomic E-state index is 0.248. The van der Waals surface area contributed by atoms with Gasteiger partial charge in [-0.25, -0.2) is 0 Å². The standard InChI is InChI=1S/C12H8ClN3OS2/c1-6-3-2-4-7-8(6)9(13)10(19-7)11(17)15-12-16-14-5-18-12/h2-5H,1H3,(H,15,16,17). The number of aryl methyl sites for hydroxylation is 1. The summed E-state index contributed by atoms with van der Waals surface area (Å²) < 4.78 is 1.01. The number of thiophene rings is 1. The van der Waals surface area contributed by atoms with Crippen molar-refractivity contribution in [2.75, 3.05) is 5.32 Å². The number of carbonyl (C=O) groups excluding carboxylic acids is 1. The summed E-state index contributed by atoms with van der Waals surface area (Å²) >= 11 is 8.96. The summed E-state index contributed by atoms with van der Waals surface area (Å²) in [6.07, 6.45) is 0. The second-order valence-corrected chi connectivity index (χ2v) is 6.15. The van der Waals surface area contributed by atoms with Crippen molar-refractivity contribution < 1.29 is 4.79 Å². The zero-order valence-electron chi connectivity index (χ0n) is 9.81. The molecule has 0 saturated heterocycles. The van der Waals surface area contributed by atoms with Gasteiger partial charge in [-0.15, -0.1) is 21.5 Å². The lowest BCUT2D eigenvalue weighted by atomic mass is 10.1. The third kappa shape index (κ3) is 2.22. The molecule has 0 spiro atoms. The first-order chi connectivity index (χ1) is 9.16. The van der Waals surface area contributed by atoms with Crippen LogP contribution in [0.15, 0.2) is 23.7 Å². The maximum Gasteiger partial charge on any atom is 0.269 e. The van der Waals surface area contributed by atoms with Gasteiger partial charge >= 0.3 is 0 Å². The number of fused-ring (bicyclic) bond motifs is 1. The Kier molecular flexibility index (Phi) is 3.22. The van der Waals surface area contributed by atoms with Gasteiger partial charge in [-0.1, -0.05) is 35.1 Å². The zero-order chi connectivity index (χ0) is 13.4. The molecular weight excluding hydrogens is 302 g/mol. The maximum absolute atomic E-state index is 12.2. The molecule has 2 heterocycles. The van der Waals surface area contributed by atoms with Crippen molar-refractivity contribution in [3.8, 4) is 0 Å². The number of hydrogen-bond acceptors (Lipinski definition) is 5. The van der Waals surface area contributed by atoms with Crippen LogP contribution in [0.5, 0.6) is 0 Å². The van der Waals surface area contributed by atoms with E-state index >= 15 is 0 Å². The lowest BCUT2D eigenvalue weighted by Crippen LogP contribution is -2.10. The van der Waals surface area contributed by atoms with Crippen LogP contribution >= 0.6 is 34.3 Å². The van der Waals surface area contributed by atoms with E-state index in [4.69, 9.17) is 11.6 Å². The Labute approximate surface area is 122 Å². The molecule has 1 aromatic carbocycles. The first kappa shape index (κ1) is 12.5. The Hall–Kier alpha value is -1.50. The fourth-order valence-corrected chi connectivity index (χ4v) is 3.82. The Morgan fingerprint density at radius 2 is 2.26 bits per heavy atom. The second kappa shape index (κ2) is 4.88. The number of hydrogen-bond donors (Lipinski definition) is 1. The largest absolute Gasteiger partial charge is 0.296 e. The summed E-state index contributed by atoms with van der Waals surface area (Å²) in [7, 11) is 0. The molecule has 0 saturated carbocycles. The molecule has 0 atom stereocenters. The van der Waals surface area contributed by atoms with Gasteiger partial charge in [0.1, 0.15) is 10.4 Å². The van der Waals surface area contributed by atoms with Gasteiger partial charge in [0.05, 0.1) is 5.02 Å². The summed E-state index contributed by atoms with van der Waals surface area (Å²) in [6.45, 7) is 1.98. The van der Waals surface area contributed by atoms with E-state index in [1.165, 1.54) is 22.7 Å². The summed E-state index contributed by atoms with van der Waals surface area (Å²) in [4.78, 5) is 12.7. The number of carbonyl (C=O) groups is 1. The quantitative estimate of drug-likeness (QED) is 0.779. The molecule has 7 heteroatoms. The van der Waals surface area contributed by atoms with E-state index in [0.29, 0.717) is 15.0 Å². The van der Waals surface area contributed by atoms with Crippen LogP contribution in [0.1, 0.15) is 15.2 Å². The number of benzene rings is 1. The summed E-state index contributed by atoms with van der Waals surface area (Å²) in [5.74, 6) is -0.248. The fraction of sp³-hybridized carbons (Fsp3) is 0.0833. The number of nitrogens with one attached hydrogen (secondary N) is 1. The highest BCUT2D eigenvalue weighted by atomic mass is 35.5. The molecule has 0 aliphatic rings. The van der Waals surface area contributed by atoms with Crippen LogP contribution in [0.4, 0.5) is 5.13 Å². The lowest BCUT2D eigenvalue weighted by Gasteiger charge is -1.98. The first-order valence-electron chi connectivity index (χ1n) is 5.42. The topological polar surface area (TPSA) is 54.9 Å². The lowest BCUT2D eigenvalue weighted by molar-refractivity contribution is 0.103. The maximum atomic E-state index is 12.2. The molecule has 19 heavy (non-hydrogen) atoms. The van der Waals surface area contributed by atoms with Gasteiger partial charge in [0, 0.05) is 10.1 Å². The minimum atomic E-state index is -0.248. The summed E-state index contributed by atoms with van der Waals surface area (Å²) in [6, 6.07) is 5.89. The van der Waals surface area contributed by atoms with Crippen molar-refractivity contribution in [2.24, 2.45) is 0 Å². The van der Waals surface area contributed by atoms with Crippen molar-refractivity contribution in [3.05, 3.63) is 39.2 Å². The van der Waals surface area contributed by atoms with E-state index in [2.05, 4.69) is 15.5 Å². The molecule has 2 aromatic heterocycles. The summed E-state index contributed by atoms with van der Waals surface area (Å²) in [5, 5.41) is 12.1. The Morgan fingerprint density at radius 3 is 2.95 bits per heavy atom. The zero-order valence-corrected chi connectivity index (χ0v) is 12.2. The molecule has 1 amide bonds. The van der Waals surface area contributed by atoms with Gasteiger partial charge in [0.15, 0.2) is 0 Å². The number of rotatable bonds is 2.